The van der Waals surface area contributed by atoms with Gasteiger partial charge in [-0.25, -0.2) is 4.79 Å². The molecule has 1 aromatic rings. The third-order valence-corrected chi connectivity index (χ3v) is 3.19. The predicted molar refractivity (Wildman–Crippen MR) is 69.2 cm³/mol. The minimum Gasteiger partial charge on any atom is -0.376 e. The first-order chi connectivity index (χ1) is 9.09. The van der Waals surface area contributed by atoms with Crippen molar-refractivity contribution in [2.75, 3.05) is 26.4 Å². The molecule has 7 heteroatoms. The molecule has 1 N–H and O–H groups in total. The summed E-state index contributed by atoms with van der Waals surface area (Å²) in [6, 6.07) is 1.46. The maximum atomic E-state index is 11.7. The molecule has 0 radical (unpaired) electrons. The van der Waals surface area contributed by atoms with Gasteiger partial charge >= 0.3 is 5.69 Å². The topological polar surface area (TPSA) is 74.5 Å². The largest absolute Gasteiger partial charge is 0.376 e. The van der Waals surface area contributed by atoms with Gasteiger partial charge in [0.1, 0.15) is 0 Å². The van der Waals surface area contributed by atoms with Crippen LogP contribution in [0.5, 0.6) is 0 Å². The third kappa shape index (κ3) is 3.31. The fourth-order valence-electron chi connectivity index (χ4n) is 1.96. The first-order valence-electron chi connectivity index (χ1n) is 6.25. The van der Waals surface area contributed by atoms with E-state index in [4.69, 9.17) is 9.47 Å². The number of aromatic nitrogens is 2. The molecule has 0 bridgehead atoms. The lowest BCUT2D eigenvalue weighted by atomic mass is 10.3. The smallest absolute Gasteiger partial charge is 0.330 e. The van der Waals surface area contributed by atoms with Gasteiger partial charge in [-0.05, 0) is 0 Å². The van der Waals surface area contributed by atoms with Gasteiger partial charge in [0.15, 0.2) is 0 Å². The Labute approximate surface area is 110 Å². The Morgan fingerprint density at radius 2 is 2.11 bits per heavy atom. The van der Waals surface area contributed by atoms with Gasteiger partial charge in [0, 0.05) is 38.9 Å². The SMILES string of the molecule is Cn1c(CNCC2COCCO2)cc(=O)n(C)c1=O. The second kappa shape index (κ2) is 6.14. The second-order valence-corrected chi connectivity index (χ2v) is 4.57. The fraction of sp³-hybridized carbons (Fsp3) is 0.667. The molecule has 1 aliphatic rings. The molecule has 19 heavy (non-hydrogen) atoms. The van der Waals surface area contributed by atoms with Gasteiger partial charge in [-0.15, -0.1) is 0 Å². The highest BCUT2D eigenvalue weighted by molar-refractivity contribution is 5.01. The van der Waals surface area contributed by atoms with Gasteiger partial charge in [-0.1, -0.05) is 0 Å². The molecule has 1 saturated heterocycles. The van der Waals surface area contributed by atoms with E-state index in [2.05, 4.69) is 5.32 Å². The average Bonchev–Trinajstić information content (AvgIpc) is 2.43. The standard InChI is InChI=1S/C12H19N3O4/c1-14-9(5-11(16)15(2)12(14)17)6-13-7-10-8-18-3-4-19-10/h5,10,13H,3-4,6-8H2,1-2H3. The third-order valence-electron chi connectivity index (χ3n) is 3.19. The van der Waals surface area contributed by atoms with E-state index < -0.39 is 0 Å². The number of hydrogen-bond acceptors (Lipinski definition) is 5. The maximum Gasteiger partial charge on any atom is 0.330 e. The summed E-state index contributed by atoms with van der Waals surface area (Å²) in [6.45, 7) is 2.89. The first kappa shape index (κ1) is 14.0. The number of ether oxygens (including phenoxy) is 2. The molecule has 1 fully saturated rings. The van der Waals surface area contributed by atoms with Crippen molar-refractivity contribution in [1.82, 2.24) is 14.5 Å². The van der Waals surface area contributed by atoms with E-state index in [-0.39, 0.29) is 17.4 Å². The zero-order valence-electron chi connectivity index (χ0n) is 11.2. The van der Waals surface area contributed by atoms with Crippen molar-refractivity contribution < 1.29 is 9.47 Å². The Hall–Kier alpha value is -1.44. The van der Waals surface area contributed by atoms with Crippen molar-refractivity contribution in [3.63, 3.8) is 0 Å². The van der Waals surface area contributed by atoms with Gasteiger partial charge in [0.2, 0.25) is 0 Å². The summed E-state index contributed by atoms with van der Waals surface area (Å²) < 4.78 is 13.3. The molecular weight excluding hydrogens is 250 g/mol. The van der Waals surface area contributed by atoms with Crippen molar-refractivity contribution >= 4 is 0 Å². The normalized spacial score (nSPS) is 19.6. The minimum absolute atomic E-state index is 0.0253. The van der Waals surface area contributed by atoms with Gasteiger partial charge in [0.05, 0.1) is 25.9 Å². The van der Waals surface area contributed by atoms with E-state index >= 15 is 0 Å². The fourth-order valence-corrected chi connectivity index (χ4v) is 1.96. The molecule has 0 spiro atoms. The van der Waals surface area contributed by atoms with Crippen molar-refractivity contribution in [2.45, 2.75) is 12.6 Å². The average molecular weight is 269 g/mol. The quantitative estimate of drug-likeness (QED) is 0.727. The van der Waals surface area contributed by atoms with Crippen molar-refractivity contribution in [3.8, 4) is 0 Å². The Morgan fingerprint density at radius 1 is 1.32 bits per heavy atom. The highest BCUT2D eigenvalue weighted by Crippen LogP contribution is 1.99. The van der Waals surface area contributed by atoms with Crippen LogP contribution in [0.1, 0.15) is 5.69 Å². The molecule has 0 saturated carbocycles. The van der Waals surface area contributed by atoms with Crippen molar-refractivity contribution in [2.24, 2.45) is 14.1 Å². The molecule has 106 valence electrons. The van der Waals surface area contributed by atoms with Gasteiger partial charge < -0.3 is 14.8 Å². The van der Waals surface area contributed by atoms with Crippen LogP contribution in [0.3, 0.4) is 0 Å². The molecule has 7 nitrogen and oxygen atoms in total. The Balaban J connectivity index is 1.96. The molecule has 1 unspecified atom stereocenters. The second-order valence-electron chi connectivity index (χ2n) is 4.57. The highest BCUT2D eigenvalue weighted by Gasteiger charge is 2.14. The summed E-state index contributed by atoms with van der Waals surface area (Å²) in [5.74, 6) is 0. The van der Waals surface area contributed by atoms with Crippen molar-refractivity contribution in [1.29, 1.82) is 0 Å². The molecule has 2 rings (SSSR count). The Kier molecular flexibility index (Phi) is 4.52. The lowest BCUT2D eigenvalue weighted by molar-refractivity contribution is -0.0864. The summed E-state index contributed by atoms with van der Waals surface area (Å²) in [5, 5.41) is 3.17. The predicted octanol–water partition coefficient (Wildman–Crippen LogP) is -1.41. The molecule has 0 aliphatic carbocycles. The first-order valence-corrected chi connectivity index (χ1v) is 6.25. The highest BCUT2D eigenvalue weighted by atomic mass is 16.6. The molecule has 1 aromatic heterocycles. The van der Waals surface area contributed by atoms with Crippen molar-refractivity contribution in [3.05, 3.63) is 32.6 Å². The number of rotatable bonds is 4. The van der Waals surface area contributed by atoms with Crippen LogP contribution in [0.25, 0.3) is 0 Å². The van der Waals surface area contributed by atoms with Crippen LogP contribution in [-0.2, 0) is 30.1 Å². The lowest BCUT2D eigenvalue weighted by Crippen LogP contribution is -2.41. The van der Waals surface area contributed by atoms with E-state index in [1.807, 2.05) is 0 Å². The summed E-state index contributed by atoms with van der Waals surface area (Å²) in [4.78, 5) is 23.3. The van der Waals surface area contributed by atoms with Crippen LogP contribution in [-0.4, -0.2) is 41.6 Å². The Morgan fingerprint density at radius 3 is 2.79 bits per heavy atom. The van der Waals surface area contributed by atoms with E-state index in [1.54, 1.807) is 7.05 Å². The van der Waals surface area contributed by atoms with E-state index in [0.29, 0.717) is 38.6 Å². The van der Waals surface area contributed by atoms with Gasteiger partial charge in [-0.2, -0.15) is 0 Å². The number of nitrogens with zero attached hydrogens (tertiary/aromatic N) is 2. The number of nitrogens with one attached hydrogen (secondary N) is 1. The lowest BCUT2D eigenvalue weighted by Gasteiger charge is -2.23. The minimum atomic E-state index is -0.318. The summed E-state index contributed by atoms with van der Waals surface area (Å²) in [6.07, 6.45) is 0.0253. The Bertz CT molecular complexity index is 543. The van der Waals surface area contributed by atoms with E-state index in [9.17, 15) is 9.59 Å². The van der Waals surface area contributed by atoms with Gasteiger partial charge in [0.25, 0.3) is 5.56 Å². The van der Waals surface area contributed by atoms with Crippen LogP contribution >= 0.6 is 0 Å². The number of hydrogen-bond donors (Lipinski definition) is 1. The summed E-state index contributed by atoms with van der Waals surface area (Å²) >= 11 is 0. The molecular formula is C12H19N3O4. The monoisotopic (exact) mass is 269 g/mol. The summed E-state index contributed by atoms with van der Waals surface area (Å²) in [5.41, 5.74) is 0.0449. The van der Waals surface area contributed by atoms with Crippen LogP contribution in [0, 0.1) is 0 Å². The van der Waals surface area contributed by atoms with Crippen LogP contribution in [0.4, 0.5) is 0 Å². The molecule has 0 amide bonds. The zero-order chi connectivity index (χ0) is 13.8. The molecule has 0 aromatic carbocycles. The van der Waals surface area contributed by atoms with Crippen LogP contribution in [0.2, 0.25) is 0 Å². The maximum absolute atomic E-state index is 11.7. The molecule has 1 atom stereocenters. The molecule has 1 aliphatic heterocycles. The summed E-state index contributed by atoms with van der Waals surface area (Å²) in [7, 11) is 3.12. The van der Waals surface area contributed by atoms with E-state index in [0.717, 1.165) is 4.57 Å². The van der Waals surface area contributed by atoms with Crippen LogP contribution < -0.4 is 16.6 Å². The zero-order valence-corrected chi connectivity index (χ0v) is 11.2. The van der Waals surface area contributed by atoms with Crippen LogP contribution in [0.15, 0.2) is 15.7 Å². The van der Waals surface area contributed by atoms with E-state index in [1.165, 1.54) is 17.7 Å². The molecule has 2 heterocycles. The van der Waals surface area contributed by atoms with Gasteiger partial charge in [-0.3, -0.25) is 13.9 Å².